The van der Waals surface area contributed by atoms with Gasteiger partial charge < -0.3 is 15.3 Å². The topological polar surface area (TPSA) is 78.4 Å². The number of benzene rings is 1. The quantitative estimate of drug-likeness (QED) is 0.834. The molecular weight excluding hydrogens is 256 g/mol. The predicted molar refractivity (Wildman–Crippen MR) is 78.2 cm³/mol. The first-order chi connectivity index (χ1) is 9.61. The van der Waals surface area contributed by atoms with Crippen LogP contribution in [0.25, 0.3) is 10.9 Å². The summed E-state index contributed by atoms with van der Waals surface area (Å²) in [5.74, 6) is -0.739. The molecule has 0 unspecified atom stereocenters. The molecule has 0 aliphatic heterocycles. The normalized spacial score (nSPS) is 10.9. The highest BCUT2D eigenvalue weighted by Crippen LogP contribution is 2.19. The Morgan fingerprint density at radius 3 is 2.80 bits per heavy atom. The number of para-hydroxylation sites is 1. The van der Waals surface area contributed by atoms with E-state index in [0.29, 0.717) is 17.9 Å². The number of hydrogen-bond acceptors (Lipinski definition) is 5. The van der Waals surface area contributed by atoms with Crippen LogP contribution in [0.15, 0.2) is 24.3 Å². The van der Waals surface area contributed by atoms with E-state index in [1.165, 1.54) is 0 Å². The molecule has 0 saturated carbocycles. The second-order valence-electron chi connectivity index (χ2n) is 4.54. The first-order valence-electron chi connectivity index (χ1n) is 6.54. The fourth-order valence-corrected chi connectivity index (χ4v) is 1.83. The van der Waals surface area contributed by atoms with E-state index in [0.717, 1.165) is 18.5 Å². The van der Waals surface area contributed by atoms with Crippen LogP contribution in [-0.2, 0) is 0 Å². The lowest BCUT2D eigenvalue weighted by atomic mass is 10.2. The van der Waals surface area contributed by atoms with Gasteiger partial charge in [0.2, 0.25) is 5.82 Å². The molecule has 6 heteroatoms. The lowest BCUT2D eigenvalue weighted by Crippen LogP contribution is -2.25. The molecule has 0 fully saturated rings. The third-order valence-electron chi connectivity index (χ3n) is 3.12. The fourth-order valence-electron chi connectivity index (χ4n) is 1.83. The van der Waals surface area contributed by atoms with Crippen molar-refractivity contribution in [3.63, 3.8) is 0 Å². The summed E-state index contributed by atoms with van der Waals surface area (Å²) in [4.78, 5) is 21.3. The number of aromatic carboxylic acids is 1. The van der Waals surface area contributed by atoms with E-state index in [9.17, 15) is 4.79 Å². The number of carboxylic acids is 1. The minimum absolute atomic E-state index is 0.185. The van der Waals surface area contributed by atoms with E-state index in [-0.39, 0.29) is 5.82 Å². The first kappa shape index (κ1) is 14.2. The van der Waals surface area contributed by atoms with Crippen molar-refractivity contribution >= 4 is 22.7 Å². The van der Waals surface area contributed by atoms with E-state index in [1.54, 1.807) is 6.07 Å². The summed E-state index contributed by atoms with van der Waals surface area (Å²) in [6.45, 7) is 4.61. The van der Waals surface area contributed by atoms with Crippen LogP contribution < -0.4 is 5.32 Å². The highest BCUT2D eigenvalue weighted by Gasteiger charge is 2.12. The number of carbonyl (C=O) groups is 1. The molecule has 2 aromatic rings. The molecule has 0 atom stereocenters. The maximum absolute atomic E-state index is 11.1. The molecule has 106 valence electrons. The average Bonchev–Trinajstić information content (AvgIpc) is 2.46. The zero-order valence-corrected chi connectivity index (χ0v) is 11.6. The van der Waals surface area contributed by atoms with E-state index in [4.69, 9.17) is 5.11 Å². The van der Waals surface area contributed by atoms with Crippen LogP contribution in [-0.4, -0.2) is 52.6 Å². The monoisotopic (exact) mass is 274 g/mol. The molecule has 0 radical (unpaired) electrons. The molecule has 1 aromatic heterocycles. The van der Waals surface area contributed by atoms with Gasteiger partial charge in [-0.15, -0.1) is 0 Å². The van der Waals surface area contributed by atoms with Crippen LogP contribution in [0.2, 0.25) is 0 Å². The molecule has 2 rings (SSSR count). The van der Waals surface area contributed by atoms with E-state index in [1.807, 2.05) is 25.2 Å². The third-order valence-corrected chi connectivity index (χ3v) is 3.12. The van der Waals surface area contributed by atoms with Gasteiger partial charge in [-0.05, 0) is 25.7 Å². The summed E-state index contributed by atoms with van der Waals surface area (Å²) < 4.78 is 0. The zero-order valence-electron chi connectivity index (χ0n) is 11.6. The highest BCUT2D eigenvalue weighted by atomic mass is 16.4. The standard InChI is InChI=1S/C14H18N4O2/c1-3-18(2)9-8-15-12-10-6-4-5-7-11(10)16-13(17-12)14(19)20/h4-7H,3,8-9H2,1-2H3,(H,19,20)(H,15,16,17). The number of aromatic nitrogens is 2. The lowest BCUT2D eigenvalue weighted by Gasteiger charge is -2.15. The summed E-state index contributed by atoms with van der Waals surface area (Å²) in [7, 11) is 2.03. The van der Waals surface area contributed by atoms with Crippen molar-refractivity contribution in [3.8, 4) is 0 Å². The van der Waals surface area contributed by atoms with Gasteiger partial charge in [0, 0.05) is 18.5 Å². The van der Waals surface area contributed by atoms with Gasteiger partial charge >= 0.3 is 5.97 Å². The number of likely N-dealkylation sites (N-methyl/N-ethyl adjacent to an activating group) is 1. The number of anilines is 1. The number of hydrogen-bond donors (Lipinski definition) is 2. The molecule has 0 aliphatic rings. The van der Waals surface area contributed by atoms with Gasteiger partial charge in [-0.1, -0.05) is 19.1 Å². The summed E-state index contributed by atoms with van der Waals surface area (Å²) >= 11 is 0. The van der Waals surface area contributed by atoms with Crippen molar-refractivity contribution in [2.75, 3.05) is 32.0 Å². The zero-order chi connectivity index (χ0) is 14.5. The van der Waals surface area contributed by atoms with Crippen LogP contribution in [0.5, 0.6) is 0 Å². The molecule has 0 bridgehead atoms. The molecule has 0 saturated heterocycles. The maximum Gasteiger partial charge on any atom is 0.374 e. The van der Waals surface area contributed by atoms with Crippen LogP contribution >= 0.6 is 0 Å². The Morgan fingerprint density at radius 1 is 1.35 bits per heavy atom. The molecule has 0 spiro atoms. The molecule has 1 heterocycles. The van der Waals surface area contributed by atoms with Gasteiger partial charge in [0.1, 0.15) is 5.82 Å². The Bertz CT molecular complexity index is 615. The van der Waals surface area contributed by atoms with Crippen molar-refractivity contribution in [1.82, 2.24) is 14.9 Å². The van der Waals surface area contributed by atoms with Crippen LogP contribution in [0, 0.1) is 0 Å². The van der Waals surface area contributed by atoms with Gasteiger partial charge in [-0.2, -0.15) is 0 Å². The molecule has 20 heavy (non-hydrogen) atoms. The summed E-state index contributed by atoms with van der Waals surface area (Å²) in [5.41, 5.74) is 0.631. The fraction of sp³-hybridized carbons (Fsp3) is 0.357. The van der Waals surface area contributed by atoms with Gasteiger partial charge in [-0.25, -0.2) is 14.8 Å². The smallest absolute Gasteiger partial charge is 0.374 e. The number of rotatable bonds is 6. The van der Waals surface area contributed by atoms with E-state index < -0.39 is 5.97 Å². The van der Waals surface area contributed by atoms with Crippen molar-refractivity contribution < 1.29 is 9.90 Å². The highest BCUT2D eigenvalue weighted by molar-refractivity contribution is 5.93. The minimum atomic E-state index is -1.12. The van der Waals surface area contributed by atoms with Crippen LogP contribution in [0.3, 0.4) is 0 Å². The second-order valence-corrected chi connectivity index (χ2v) is 4.54. The van der Waals surface area contributed by atoms with Crippen molar-refractivity contribution in [3.05, 3.63) is 30.1 Å². The summed E-state index contributed by atoms with van der Waals surface area (Å²) in [6.07, 6.45) is 0. The number of nitrogens with zero attached hydrogens (tertiary/aromatic N) is 3. The molecule has 0 amide bonds. The van der Waals surface area contributed by atoms with Gasteiger partial charge in [0.25, 0.3) is 0 Å². The second kappa shape index (κ2) is 6.29. The SMILES string of the molecule is CCN(C)CCNc1nc(C(=O)O)nc2ccccc12. The third kappa shape index (κ3) is 3.21. The van der Waals surface area contributed by atoms with E-state index >= 15 is 0 Å². The Hall–Kier alpha value is -2.21. The number of fused-ring (bicyclic) bond motifs is 1. The van der Waals surface area contributed by atoms with Gasteiger partial charge in [0.15, 0.2) is 0 Å². The van der Waals surface area contributed by atoms with Crippen molar-refractivity contribution in [2.24, 2.45) is 0 Å². The Kier molecular flexibility index (Phi) is 4.47. The summed E-state index contributed by atoms with van der Waals surface area (Å²) in [6, 6.07) is 7.38. The number of nitrogens with one attached hydrogen (secondary N) is 1. The lowest BCUT2D eigenvalue weighted by molar-refractivity contribution is 0.0684. The Balaban J connectivity index is 2.28. The largest absolute Gasteiger partial charge is 0.475 e. The Labute approximate surface area is 117 Å². The van der Waals surface area contributed by atoms with Crippen LogP contribution in [0.1, 0.15) is 17.5 Å². The molecule has 1 aromatic carbocycles. The van der Waals surface area contributed by atoms with Crippen molar-refractivity contribution in [2.45, 2.75) is 6.92 Å². The van der Waals surface area contributed by atoms with Crippen LogP contribution in [0.4, 0.5) is 5.82 Å². The first-order valence-corrected chi connectivity index (χ1v) is 6.54. The molecule has 6 nitrogen and oxygen atoms in total. The Morgan fingerprint density at radius 2 is 2.10 bits per heavy atom. The maximum atomic E-state index is 11.1. The van der Waals surface area contributed by atoms with Gasteiger partial charge in [-0.3, -0.25) is 0 Å². The number of carboxylic acid groups (broad SMARTS) is 1. The van der Waals surface area contributed by atoms with E-state index in [2.05, 4.69) is 27.1 Å². The van der Waals surface area contributed by atoms with Crippen molar-refractivity contribution in [1.29, 1.82) is 0 Å². The average molecular weight is 274 g/mol. The van der Waals surface area contributed by atoms with Gasteiger partial charge in [0.05, 0.1) is 5.52 Å². The molecular formula is C14H18N4O2. The molecule has 2 N–H and O–H groups in total. The summed E-state index contributed by atoms with van der Waals surface area (Å²) in [5, 5.41) is 13.1. The molecule has 0 aliphatic carbocycles. The predicted octanol–water partition coefficient (Wildman–Crippen LogP) is 1.69. The minimum Gasteiger partial charge on any atom is -0.475 e.